The molecule has 2 aliphatic carbocycles. The number of carbonyl (C=O) groups excluding carboxylic acids is 3. The summed E-state index contributed by atoms with van der Waals surface area (Å²) in [4.78, 5) is 36.7. The third-order valence-electron chi connectivity index (χ3n) is 6.17. The SMILES string of the molecule is COc1cccc(C(CC2C(=O)CC[C@]3(C)C(=O)CCC23)OC(C)=O)c1. The van der Waals surface area contributed by atoms with Gasteiger partial charge in [0.25, 0.3) is 0 Å². The summed E-state index contributed by atoms with van der Waals surface area (Å²) in [5, 5.41) is 0. The molecule has 4 atom stereocenters. The highest BCUT2D eigenvalue weighted by Gasteiger charge is 2.53. The lowest BCUT2D eigenvalue weighted by molar-refractivity contribution is -0.151. The molecule has 140 valence electrons. The highest BCUT2D eigenvalue weighted by Crippen LogP contribution is 2.53. The minimum absolute atomic E-state index is 0.0416. The fraction of sp³-hybridized carbons (Fsp3) is 0.571. The predicted octanol–water partition coefficient (Wildman–Crippen LogP) is 3.65. The zero-order valence-corrected chi connectivity index (χ0v) is 15.6. The van der Waals surface area contributed by atoms with E-state index in [1.54, 1.807) is 7.11 Å². The summed E-state index contributed by atoms with van der Waals surface area (Å²) in [7, 11) is 1.58. The van der Waals surface area contributed by atoms with Crippen molar-refractivity contribution in [3.63, 3.8) is 0 Å². The lowest BCUT2D eigenvalue weighted by Gasteiger charge is -2.40. The molecule has 3 unspecified atom stereocenters. The first-order valence-electron chi connectivity index (χ1n) is 9.22. The highest BCUT2D eigenvalue weighted by molar-refractivity contribution is 5.92. The first-order valence-corrected chi connectivity index (χ1v) is 9.22. The molecule has 3 rings (SSSR count). The number of Topliss-reactive ketones (excluding diaryl/α,β-unsaturated/α-hetero) is 2. The van der Waals surface area contributed by atoms with E-state index >= 15 is 0 Å². The predicted molar refractivity (Wildman–Crippen MR) is 95.7 cm³/mol. The number of fused-ring (bicyclic) bond motifs is 1. The Morgan fingerprint density at radius 1 is 1.31 bits per heavy atom. The Morgan fingerprint density at radius 3 is 2.77 bits per heavy atom. The number of esters is 1. The molecule has 26 heavy (non-hydrogen) atoms. The van der Waals surface area contributed by atoms with E-state index in [1.165, 1.54) is 6.92 Å². The van der Waals surface area contributed by atoms with Crippen molar-refractivity contribution in [3.05, 3.63) is 29.8 Å². The Hall–Kier alpha value is -2.17. The Morgan fingerprint density at radius 2 is 2.08 bits per heavy atom. The Bertz CT molecular complexity index is 725. The standard InChI is InChI=1S/C21H26O5/c1-13(22)26-19(14-5-4-6-15(11-14)25-3)12-16-17-7-8-20(24)21(17,2)10-9-18(16)23/h4-6,11,16-17,19H,7-10,12H2,1-3H3/t16?,17?,19?,21-/m0/s1. The second kappa shape index (κ2) is 7.22. The molecule has 0 spiro atoms. The third-order valence-corrected chi connectivity index (χ3v) is 6.17. The maximum absolute atomic E-state index is 12.7. The molecule has 0 amide bonds. The second-order valence-electron chi connectivity index (χ2n) is 7.67. The molecule has 2 aliphatic rings. The fourth-order valence-corrected chi connectivity index (χ4v) is 4.68. The van der Waals surface area contributed by atoms with Gasteiger partial charge in [-0.25, -0.2) is 0 Å². The van der Waals surface area contributed by atoms with Crippen LogP contribution < -0.4 is 4.74 Å². The van der Waals surface area contributed by atoms with E-state index in [9.17, 15) is 14.4 Å². The van der Waals surface area contributed by atoms with Crippen LogP contribution in [0.15, 0.2) is 24.3 Å². The summed E-state index contributed by atoms with van der Waals surface area (Å²) < 4.78 is 10.8. The topological polar surface area (TPSA) is 69.7 Å². The molecule has 5 nitrogen and oxygen atoms in total. The van der Waals surface area contributed by atoms with Gasteiger partial charge in [0, 0.05) is 31.1 Å². The van der Waals surface area contributed by atoms with Crippen LogP contribution >= 0.6 is 0 Å². The number of rotatable bonds is 5. The molecule has 5 heteroatoms. The van der Waals surface area contributed by atoms with Crippen molar-refractivity contribution in [2.75, 3.05) is 7.11 Å². The van der Waals surface area contributed by atoms with Crippen LogP contribution in [0.4, 0.5) is 0 Å². The summed E-state index contributed by atoms with van der Waals surface area (Å²) >= 11 is 0. The van der Waals surface area contributed by atoms with Gasteiger partial charge in [-0.05, 0) is 42.9 Å². The Balaban J connectivity index is 1.89. The number of hydrogen-bond donors (Lipinski definition) is 0. The second-order valence-corrected chi connectivity index (χ2v) is 7.67. The summed E-state index contributed by atoms with van der Waals surface area (Å²) in [6.07, 6.45) is 2.25. The molecule has 0 aliphatic heterocycles. The normalized spacial score (nSPS) is 29.2. The van der Waals surface area contributed by atoms with Crippen LogP contribution in [-0.2, 0) is 19.1 Å². The van der Waals surface area contributed by atoms with Crippen molar-refractivity contribution >= 4 is 17.5 Å². The monoisotopic (exact) mass is 358 g/mol. The van der Waals surface area contributed by atoms with Gasteiger partial charge in [0.15, 0.2) is 0 Å². The summed E-state index contributed by atoms with van der Waals surface area (Å²) in [6.45, 7) is 3.37. The van der Waals surface area contributed by atoms with Gasteiger partial charge < -0.3 is 9.47 Å². The van der Waals surface area contributed by atoms with E-state index in [1.807, 2.05) is 31.2 Å². The summed E-state index contributed by atoms with van der Waals surface area (Å²) in [6, 6.07) is 7.38. The average molecular weight is 358 g/mol. The molecular formula is C21H26O5. The van der Waals surface area contributed by atoms with E-state index in [0.29, 0.717) is 31.4 Å². The van der Waals surface area contributed by atoms with E-state index in [0.717, 1.165) is 12.0 Å². The van der Waals surface area contributed by atoms with E-state index in [4.69, 9.17) is 9.47 Å². The molecule has 2 fully saturated rings. The number of benzene rings is 1. The molecule has 1 aromatic carbocycles. The number of methoxy groups -OCH3 is 1. The van der Waals surface area contributed by atoms with Gasteiger partial charge in [0.2, 0.25) is 0 Å². The first-order chi connectivity index (χ1) is 12.3. The van der Waals surface area contributed by atoms with Crippen molar-refractivity contribution in [1.82, 2.24) is 0 Å². The maximum atomic E-state index is 12.7. The van der Waals surface area contributed by atoms with Crippen LogP contribution in [0.25, 0.3) is 0 Å². The molecule has 0 aromatic heterocycles. The van der Waals surface area contributed by atoms with Crippen LogP contribution in [0.3, 0.4) is 0 Å². The van der Waals surface area contributed by atoms with Crippen LogP contribution in [-0.4, -0.2) is 24.6 Å². The molecule has 2 saturated carbocycles. The Labute approximate surface area is 154 Å². The van der Waals surface area contributed by atoms with Gasteiger partial charge in [-0.3, -0.25) is 14.4 Å². The minimum Gasteiger partial charge on any atom is -0.497 e. The maximum Gasteiger partial charge on any atom is 0.303 e. The number of ketones is 2. The lowest BCUT2D eigenvalue weighted by atomic mass is 9.62. The molecular weight excluding hydrogens is 332 g/mol. The molecule has 0 heterocycles. The quantitative estimate of drug-likeness (QED) is 0.752. The van der Waals surface area contributed by atoms with Gasteiger partial charge in [0.05, 0.1) is 7.11 Å². The highest BCUT2D eigenvalue weighted by atomic mass is 16.5. The Kier molecular flexibility index (Phi) is 5.17. The van der Waals surface area contributed by atoms with Crippen molar-refractivity contribution in [1.29, 1.82) is 0 Å². The molecule has 0 radical (unpaired) electrons. The lowest BCUT2D eigenvalue weighted by Crippen LogP contribution is -2.42. The van der Waals surface area contributed by atoms with Gasteiger partial charge >= 0.3 is 5.97 Å². The van der Waals surface area contributed by atoms with Crippen LogP contribution in [0.2, 0.25) is 0 Å². The minimum atomic E-state index is -0.519. The number of hydrogen-bond acceptors (Lipinski definition) is 5. The summed E-state index contributed by atoms with van der Waals surface area (Å²) in [5.41, 5.74) is 0.400. The fourth-order valence-electron chi connectivity index (χ4n) is 4.68. The zero-order valence-electron chi connectivity index (χ0n) is 15.6. The van der Waals surface area contributed by atoms with E-state index in [2.05, 4.69) is 0 Å². The third kappa shape index (κ3) is 3.39. The van der Waals surface area contributed by atoms with Crippen LogP contribution in [0, 0.1) is 17.3 Å². The number of ether oxygens (including phenoxy) is 2. The van der Waals surface area contributed by atoms with Gasteiger partial charge in [-0.2, -0.15) is 0 Å². The van der Waals surface area contributed by atoms with Crippen molar-refractivity contribution < 1.29 is 23.9 Å². The molecule has 0 saturated heterocycles. The van der Waals surface area contributed by atoms with Gasteiger partial charge in [-0.15, -0.1) is 0 Å². The van der Waals surface area contributed by atoms with Crippen LogP contribution in [0.1, 0.15) is 57.6 Å². The van der Waals surface area contributed by atoms with Gasteiger partial charge in [0.1, 0.15) is 23.4 Å². The number of carbonyl (C=O) groups is 3. The van der Waals surface area contributed by atoms with Crippen molar-refractivity contribution in [2.45, 2.75) is 52.1 Å². The van der Waals surface area contributed by atoms with Gasteiger partial charge in [-0.1, -0.05) is 19.1 Å². The smallest absolute Gasteiger partial charge is 0.303 e. The average Bonchev–Trinajstić information content (AvgIpc) is 2.92. The molecule has 0 bridgehead atoms. The molecule has 0 N–H and O–H groups in total. The summed E-state index contributed by atoms with van der Waals surface area (Å²) in [5.74, 6) is 0.533. The van der Waals surface area contributed by atoms with Crippen LogP contribution in [0.5, 0.6) is 5.75 Å². The first kappa shape index (κ1) is 18.6. The largest absolute Gasteiger partial charge is 0.497 e. The van der Waals surface area contributed by atoms with Crippen molar-refractivity contribution in [3.8, 4) is 5.75 Å². The van der Waals surface area contributed by atoms with E-state index in [-0.39, 0.29) is 29.4 Å². The van der Waals surface area contributed by atoms with E-state index < -0.39 is 11.5 Å². The molecule has 1 aromatic rings. The zero-order chi connectivity index (χ0) is 18.9. The van der Waals surface area contributed by atoms with Crippen molar-refractivity contribution in [2.24, 2.45) is 17.3 Å².